The molecule has 2 aliphatic rings. The molecule has 3 rings (SSSR count). The number of benzene rings is 1. The van der Waals surface area contributed by atoms with Gasteiger partial charge in [0.2, 0.25) is 0 Å². The lowest BCUT2D eigenvalue weighted by Gasteiger charge is -2.25. The fourth-order valence-corrected chi connectivity index (χ4v) is 2.12. The van der Waals surface area contributed by atoms with E-state index in [1.807, 2.05) is 12.1 Å². The second-order valence-corrected chi connectivity index (χ2v) is 4.43. The molecule has 2 nitrogen and oxygen atoms in total. The van der Waals surface area contributed by atoms with Crippen LogP contribution in [0.1, 0.15) is 25.7 Å². The number of para-hydroxylation sites is 2. The summed E-state index contributed by atoms with van der Waals surface area (Å²) in [5.74, 6) is 0. The largest absolute Gasteiger partial charge is 0.397 e. The van der Waals surface area contributed by atoms with Crippen LogP contribution in [0.2, 0.25) is 0 Å². The van der Waals surface area contributed by atoms with Crippen molar-refractivity contribution in [2.24, 2.45) is 0 Å². The van der Waals surface area contributed by atoms with E-state index in [1.165, 1.54) is 31.4 Å². The third-order valence-corrected chi connectivity index (χ3v) is 3.10. The van der Waals surface area contributed by atoms with E-state index >= 15 is 0 Å². The van der Waals surface area contributed by atoms with Crippen LogP contribution in [0.15, 0.2) is 24.3 Å². The normalized spacial score (nSPS) is 20.9. The molecular formula is C12H16N2. The Labute approximate surface area is 84.7 Å². The lowest BCUT2D eigenvalue weighted by molar-refractivity contribution is 0.790. The highest BCUT2D eigenvalue weighted by atomic mass is 15.2. The Morgan fingerprint density at radius 2 is 1.57 bits per heavy atom. The number of nitrogens with zero attached hydrogens (tertiary/aromatic N) is 1. The second kappa shape index (κ2) is 2.91. The minimum atomic E-state index is 0.784. The Hall–Kier alpha value is -1.18. The molecule has 2 aliphatic carbocycles. The van der Waals surface area contributed by atoms with Gasteiger partial charge in [0, 0.05) is 12.1 Å². The standard InChI is InChI=1S/C12H16N2/c13-11-3-1-2-4-12(11)14(9-5-6-9)10-7-8-10/h1-4,9-10H,5-8,13H2. The first kappa shape index (κ1) is 8.16. The fourth-order valence-electron chi connectivity index (χ4n) is 2.12. The summed E-state index contributed by atoms with van der Waals surface area (Å²) in [4.78, 5) is 2.55. The molecule has 0 aliphatic heterocycles. The minimum Gasteiger partial charge on any atom is -0.397 e. The summed E-state index contributed by atoms with van der Waals surface area (Å²) in [6.45, 7) is 0. The van der Waals surface area contributed by atoms with E-state index in [1.54, 1.807) is 0 Å². The Kier molecular flexibility index (Phi) is 1.69. The number of rotatable bonds is 3. The van der Waals surface area contributed by atoms with Gasteiger partial charge < -0.3 is 10.6 Å². The first-order chi connectivity index (χ1) is 6.86. The van der Waals surface area contributed by atoms with Crippen LogP contribution in [0, 0.1) is 0 Å². The van der Waals surface area contributed by atoms with E-state index in [0.29, 0.717) is 0 Å². The molecule has 74 valence electrons. The van der Waals surface area contributed by atoms with Gasteiger partial charge in [0.05, 0.1) is 11.4 Å². The summed E-state index contributed by atoms with van der Waals surface area (Å²) in [5.41, 5.74) is 8.21. The first-order valence-electron chi connectivity index (χ1n) is 5.49. The maximum Gasteiger partial charge on any atom is 0.0604 e. The van der Waals surface area contributed by atoms with Crippen LogP contribution in [0.4, 0.5) is 11.4 Å². The van der Waals surface area contributed by atoms with Gasteiger partial charge in [-0.15, -0.1) is 0 Å². The number of nitrogen functional groups attached to an aromatic ring is 1. The topological polar surface area (TPSA) is 29.3 Å². The zero-order valence-electron chi connectivity index (χ0n) is 8.32. The molecule has 1 aromatic rings. The molecule has 0 heterocycles. The molecule has 14 heavy (non-hydrogen) atoms. The Morgan fingerprint density at radius 1 is 1.00 bits per heavy atom. The average molecular weight is 188 g/mol. The van der Waals surface area contributed by atoms with Gasteiger partial charge in [0.15, 0.2) is 0 Å². The van der Waals surface area contributed by atoms with Crippen molar-refractivity contribution in [1.82, 2.24) is 0 Å². The average Bonchev–Trinajstić information content (AvgIpc) is 2.99. The van der Waals surface area contributed by atoms with Crippen molar-refractivity contribution >= 4 is 11.4 Å². The predicted molar refractivity (Wildman–Crippen MR) is 59.4 cm³/mol. The summed E-state index contributed by atoms with van der Waals surface area (Å²) in [6.07, 6.45) is 5.41. The van der Waals surface area contributed by atoms with Crippen LogP contribution in [0.25, 0.3) is 0 Å². The summed E-state index contributed by atoms with van der Waals surface area (Å²) in [7, 11) is 0. The molecule has 0 amide bonds. The van der Waals surface area contributed by atoms with E-state index in [4.69, 9.17) is 5.73 Å². The summed E-state index contributed by atoms with van der Waals surface area (Å²) >= 11 is 0. The number of anilines is 2. The van der Waals surface area contributed by atoms with E-state index in [0.717, 1.165) is 17.8 Å². The highest BCUT2D eigenvalue weighted by molar-refractivity contribution is 5.69. The van der Waals surface area contributed by atoms with E-state index in [2.05, 4.69) is 17.0 Å². The van der Waals surface area contributed by atoms with Crippen LogP contribution in [0.5, 0.6) is 0 Å². The lowest BCUT2D eigenvalue weighted by atomic mass is 10.2. The zero-order chi connectivity index (χ0) is 9.54. The van der Waals surface area contributed by atoms with E-state index in [9.17, 15) is 0 Å². The van der Waals surface area contributed by atoms with Crippen LogP contribution in [-0.2, 0) is 0 Å². The lowest BCUT2D eigenvalue weighted by Crippen LogP contribution is -2.28. The third kappa shape index (κ3) is 1.35. The molecule has 0 radical (unpaired) electrons. The summed E-state index contributed by atoms with van der Waals surface area (Å²) in [5, 5.41) is 0. The van der Waals surface area contributed by atoms with Gasteiger partial charge in [-0.05, 0) is 37.8 Å². The molecule has 0 spiro atoms. The Balaban J connectivity index is 1.93. The molecule has 0 atom stereocenters. The molecule has 0 aromatic heterocycles. The fraction of sp³-hybridized carbons (Fsp3) is 0.500. The van der Waals surface area contributed by atoms with Gasteiger partial charge in [0.25, 0.3) is 0 Å². The number of hydrogen-bond acceptors (Lipinski definition) is 2. The van der Waals surface area contributed by atoms with Gasteiger partial charge in [-0.1, -0.05) is 12.1 Å². The van der Waals surface area contributed by atoms with Crippen LogP contribution in [-0.4, -0.2) is 12.1 Å². The van der Waals surface area contributed by atoms with Crippen LogP contribution < -0.4 is 10.6 Å². The SMILES string of the molecule is Nc1ccccc1N(C1CC1)C1CC1. The van der Waals surface area contributed by atoms with Crippen molar-refractivity contribution in [3.8, 4) is 0 Å². The van der Waals surface area contributed by atoms with Gasteiger partial charge in [-0.25, -0.2) is 0 Å². The van der Waals surface area contributed by atoms with Crippen molar-refractivity contribution in [1.29, 1.82) is 0 Å². The van der Waals surface area contributed by atoms with Crippen molar-refractivity contribution in [3.05, 3.63) is 24.3 Å². The molecule has 2 fully saturated rings. The minimum absolute atomic E-state index is 0.784. The molecule has 1 aromatic carbocycles. The molecule has 2 N–H and O–H groups in total. The smallest absolute Gasteiger partial charge is 0.0604 e. The van der Waals surface area contributed by atoms with Gasteiger partial charge >= 0.3 is 0 Å². The molecule has 2 heteroatoms. The number of hydrogen-bond donors (Lipinski definition) is 1. The van der Waals surface area contributed by atoms with Gasteiger partial charge in [-0.3, -0.25) is 0 Å². The van der Waals surface area contributed by atoms with Gasteiger partial charge in [0.1, 0.15) is 0 Å². The quantitative estimate of drug-likeness (QED) is 0.738. The highest BCUT2D eigenvalue weighted by Crippen LogP contribution is 2.42. The summed E-state index contributed by atoms with van der Waals surface area (Å²) in [6, 6.07) is 9.83. The van der Waals surface area contributed by atoms with Crippen LogP contribution in [0.3, 0.4) is 0 Å². The van der Waals surface area contributed by atoms with Crippen molar-refractivity contribution in [3.63, 3.8) is 0 Å². The second-order valence-electron chi connectivity index (χ2n) is 4.43. The Bertz CT molecular complexity index is 328. The van der Waals surface area contributed by atoms with Crippen molar-refractivity contribution in [2.45, 2.75) is 37.8 Å². The van der Waals surface area contributed by atoms with Gasteiger partial charge in [-0.2, -0.15) is 0 Å². The number of nitrogens with two attached hydrogens (primary N) is 1. The monoisotopic (exact) mass is 188 g/mol. The highest BCUT2D eigenvalue weighted by Gasteiger charge is 2.39. The Morgan fingerprint density at radius 3 is 2.07 bits per heavy atom. The van der Waals surface area contributed by atoms with E-state index < -0.39 is 0 Å². The van der Waals surface area contributed by atoms with Crippen LogP contribution >= 0.6 is 0 Å². The maximum absolute atomic E-state index is 6.01. The molecular weight excluding hydrogens is 172 g/mol. The molecule has 0 saturated heterocycles. The third-order valence-electron chi connectivity index (χ3n) is 3.10. The summed E-state index contributed by atoms with van der Waals surface area (Å²) < 4.78 is 0. The maximum atomic E-state index is 6.01. The van der Waals surface area contributed by atoms with E-state index in [-0.39, 0.29) is 0 Å². The zero-order valence-corrected chi connectivity index (χ0v) is 8.32. The molecule has 0 bridgehead atoms. The van der Waals surface area contributed by atoms with Crippen molar-refractivity contribution in [2.75, 3.05) is 10.6 Å². The molecule has 2 saturated carbocycles. The first-order valence-corrected chi connectivity index (χ1v) is 5.49. The van der Waals surface area contributed by atoms with Crippen molar-refractivity contribution < 1.29 is 0 Å². The predicted octanol–water partition coefficient (Wildman–Crippen LogP) is 2.40. The molecule has 0 unspecified atom stereocenters.